The molecular weight excluding hydrogens is 328 g/mol. The molecule has 3 nitrogen and oxygen atoms in total. The first-order valence-electron chi connectivity index (χ1n) is 6.47. The highest BCUT2D eigenvalue weighted by Gasteiger charge is 2.03. The van der Waals surface area contributed by atoms with E-state index in [0.29, 0.717) is 5.56 Å². The number of nitrogens with zero attached hydrogens (tertiary/aromatic N) is 1. The molecule has 0 saturated carbocycles. The average Bonchev–Trinajstić information content (AvgIpc) is 2.48. The Morgan fingerprint density at radius 3 is 2.62 bits per heavy atom. The number of hydrogen-bond donors (Lipinski definition) is 1. The summed E-state index contributed by atoms with van der Waals surface area (Å²) in [6, 6.07) is 17.1. The monoisotopic (exact) mass is 342 g/mol. The van der Waals surface area contributed by atoms with Gasteiger partial charge < -0.3 is 0 Å². The highest BCUT2D eigenvalue weighted by Crippen LogP contribution is 2.11. The van der Waals surface area contributed by atoms with Crippen molar-refractivity contribution < 1.29 is 4.79 Å². The van der Waals surface area contributed by atoms with Crippen molar-refractivity contribution in [2.24, 2.45) is 5.10 Å². The van der Waals surface area contributed by atoms with Gasteiger partial charge in [-0.05, 0) is 36.3 Å². The predicted molar refractivity (Wildman–Crippen MR) is 90.2 cm³/mol. The Labute approximate surface area is 132 Å². The molecule has 2 aromatic rings. The molecule has 0 aliphatic rings. The van der Waals surface area contributed by atoms with Crippen molar-refractivity contribution in [2.45, 2.75) is 6.92 Å². The second-order valence-corrected chi connectivity index (χ2v) is 5.42. The van der Waals surface area contributed by atoms with E-state index in [1.807, 2.05) is 55.5 Å². The first kappa shape index (κ1) is 15.2. The van der Waals surface area contributed by atoms with Crippen LogP contribution >= 0.6 is 15.9 Å². The third-order valence-corrected chi connectivity index (χ3v) is 3.21. The minimum atomic E-state index is -0.236. The van der Waals surface area contributed by atoms with E-state index in [1.165, 1.54) is 0 Å². The molecule has 0 fully saturated rings. The number of nitrogens with one attached hydrogen (secondary N) is 1. The molecule has 1 N–H and O–H groups in total. The van der Waals surface area contributed by atoms with Gasteiger partial charge in [0, 0.05) is 10.0 Å². The highest BCUT2D eigenvalue weighted by molar-refractivity contribution is 9.10. The van der Waals surface area contributed by atoms with E-state index in [4.69, 9.17) is 0 Å². The van der Waals surface area contributed by atoms with Crippen LogP contribution in [-0.2, 0) is 0 Å². The van der Waals surface area contributed by atoms with E-state index in [1.54, 1.807) is 18.3 Å². The normalized spacial score (nSPS) is 11.6. The van der Waals surface area contributed by atoms with Gasteiger partial charge in [0.15, 0.2) is 0 Å². The minimum absolute atomic E-state index is 0.236. The van der Waals surface area contributed by atoms with E-state index in [9.17, 15) is 4.79 Å². The molecule has 0 saturated heterocycles. The molecule has 0 spiro atoms. The number of hydrazone groups is 1. The fraction of sp³-hybridized carbons (Fsp3) is 0.0588. The Morgan fingerprint density at radius 2 is 1.90 bits per heavy atom. The zero-order valence-corrected chi connectivity index (χ0v) is 13.2. The van der Waals surface area contributed by atoms with Gasteiger partial charge in [0.25, 0.3) is 5.91 Å². The van der Waals surface area contributed by atoms with Gasteiger partial charge in [-0.3, -0.25) is 4.79 Å². The van der Waals surface area contributed by atoms with Crippen molar-refractivity contribution in [3.8, 4) is 0 Å². The maximum atomic E-state index is 11.9. The predicted octanol–water partition coefficient (Wildman–Crippen LogP) is 4.27. The molecule has 0 heterocycles. The Hall–Kier alpha value is -2.20. The van der Waals surface area contributed by atoms with Crippen LogP contribution in [-0.4, -0.2) is 12.1 Å². The summed E-state index contributed by atoms with van der Waals surface area (Å²) < 4.78 is 0.860. The molecule has 21 heavy (non-hydrogen) atoms. The lowest BCUT2D eigenvalue weighted by Gasteiger charge is -2.00. The first-order valence-corrected chi connectivity index (χ1v) is 7.27. The molecule has 2 aromatic carbocycles. The number of carbonyl (C=O) groups is 1. The van der Waals surface area contributed by atoms with Gasteiger partial charge in [0.1, 0.15) is 0 Å². The second kappa shape index (κ2) is 7.55. The number of amides is 1. The van der Waals surface area contributed by atoms with E-state index in [-0.39, 0.29) is 5.91 Å². The Balaban J connectivity index is 1.96. The Bertz CT molecular complexity index is 678. The third-order valence-electron chi connectivity index (χ3n) is 2.71. The molecular formula is C17H15BrN2O. The van der Waals surface area contributed by atoms with E-state index in [0.717, 1.165) is 15.6 Å². The van der Waals surface area contributed by atoms with Crippen molar-refractivity contribution in [2.75, 3.05) is 0 Å². The lowest BCUT2D eigenvalue weighted by Crippen LogP contribution is -2.17. The number of benzene rings is 2. The number of hydrogen-bond acceptors (Lipinski definition) is 2. The van der Waals surface area contributed by atoms with E-state index >= 15 is 0 Å². The molecule has 4 heteroatoms. The second-order valence-electron chi connectivity index (χ2n) is 4.51. The van der Waals surface area contributed by atoms with Crippen LogP contribution in [0, 0.1) is 0 Å². The number of carbonyl (C=O) groups excluding carboxylic acids is 1. The van der Waals surface area contributed by atoms with Crippen LogP contribution in [0.25, 0.3) is 6.08 Å². The lowest BCUT2D eigenvalue weighted by atomic mass is 10.1. The van der Waals surface area contributed by atoms with Crippen LogP contribution in [0.2, 0.25) is 0 Å². The number of allylic oxidation sites excluding steroid dienone is 1. The van der Waals surface area contributed by atoms with Crippen molar-refractivity contribution in [3.05, 3.63) is 75.8 Å². The van der Waals surface area contributed by atoms with Crippen LogP contribution in [0.3, 0.4) is 0 Å². The van der Waals surface area contributed by atoms with E-state index in [2.05, 4.69) is 26.5 Å². The quantitative estimate of drug-likeness (QED) is 0.654. The first-order chi connectivity index (χ1) is 10.1. The van der Waals surface area contributed by atoms with Crippen molar-refractivity contribution in [1.82, 2.24) is 5.43 Å². The summed E-state index contributed by atoms with van der Waals surface area (Å²) >= 11 is 3.33. The van der Waals surface area contributed by atoms with Crippen LogP contribution in [0.4, 0.5) is 0 Å². The fourth-order valence-corrected chi connectivity index (χ4v) is 2.14. The van der Waals surface area contributed by atoms with Gasteiger partial charge in [-0.15, -0.1) is 0 Å². The maximum absolute atomic E-state index is 11.9. The van der Waals surface area contributed by atoms with Crippen molar-refractivity contribution in [3.63, 3.8) is 0 Å². The molecule has 1 amide bonds. The minimum Gasteiger partial charge on any atom is -0.267 e. The van der Waals surface area contributed by atoms with Crippen LogP contribution in [0.1, 0.15) is 22.8 Å². The zero-order chi connectivity index (χ0) is 15.1. The highest BCUT2D eigenvalue weighted by atomic mass is 79.9. The van der Waals surface area contributed by atoms with Gasteiger partial charge in [0.2, 0.25) is 0 Å². The summed E-state index contributed by atoms with van der Waals surface area (Å²) in [5.74, 6) is -0.236. The molecule has 0 radical (unpaired) electrons. The van der Waals surface area contributed by atoms with Crippen molar-refractivity contribution in [1.29, 1.82) is 0 Å². The molecule has 0 atom stereocenters. The van der Waals surface area contributed by atoms with Gasteiger partial charge in [-0.25, -0.2) is 5.43 Å². The molecule has 0 aliphatic heterocycles. The molecule has 0 aromatic heterocycles. The summed E-state index contributed by atoms with van der Waals surface area (Å²) in [6.07, 6.45) is 3.62. The number of halogens is 1. The largest absolute Gasteiger partial charge is 0.271 e. The van der Waals surface area contributed by atoms with Gasteiger partial charge in [-0.2, -0.15) is 5.10 Å². The van der Waals surface area contributed by atoms with Gasteiger partial charge in [-0.1, -0.05) is 58.4 Å². The standard InChI is InChI=1S/C17H15BrN2O/c1-13(10-14-6-3-2-4-7-14)12-19-20-17(21)15-8-5-9-16(18)11-15/h2-12H,1H3,(H,20,21). The summed E-state index contributed by atoms with van der Waals surface area (Å²) in [6.45, 7) is 1.93. The van der Waals surface area contributed by atoms with Crippen molar-refractivity contribution >= 4 is 34.1 Å². The SMILES string of the molecule is CC(C=NNC(=O)c1cccc(Br)c1)=Cc1ccccc1. The molecule has 0 aliphatic carbocycles. The third kappa shape index (κ3) is 5.00. The lowest BCUT2D eigenvalue weighted by molar-refractivity contribution is 0.0955. The van der Waals surface area contributed by atoms with Gasteiger partial charge >= 0.3 is 0 Å². The smallest absolute Gasteiger partial charge is 0.267 e. The fourth-order valence-electron chi connectivity index (χ4n) is 1.74. The summed E-state index contributed by atoms with van der Waals surface area (Å²) in [5, 5.41) is 3.97. The number of rotatable bonds is 4. The average molecular weight is 343 g/mol. The molecule has 2 rings (SSSR count). The summed E-state index contributed by atoms with van der Waals surface area (Å²) in [4.78, 5) is 11.9. The van der Waals surface area contributed by atoms with Crippen LogP contribution in [0.5, 0.6) is 0 Å². The van der Waals surface area contributed by atoms with Gasteiger partial charge in [0.05, 0.1) is 6.21 Å². The van der Waals surface area contributed by atoms with Crippen LogP contribution < -0.4 is 5.43 Å². The summed E-state index contributed by atoms with van der Waals surface area (Å²) in [5.41, 5.74) is 5.12. The molecule has 0 unspecified atom stereocenters. The maximum Gasteiger partial charge on any atom is 0.271 e. The van der Waals surface area contributed by atoms with Crippen LogP contribution in [0.15, 0.2) is 69.7 Å². The Kier molecular flexibility index (Phi) is 5.46. The topological polar surface area (TPSA) is 41.5 Å². The molecule has 0 bridgehead atoms. The zero-order valence-electron chi connectivity index (χ0n) is 11.6. The summed E-state index contributed by atoms with van der Waals surface area (Å²) in [7, 11) is 0. The van der Waals surface area contributed by atoms with E-state index < -0.39 is 0 Å². The Morgan fingerprint density at radius 1 is 1.14 bits per heavy atom. The molecule has 106 valence electrons.